The molecule has 0 aliphatic rings. The lowest BCUT2D eigenvalue weighted by molar-refractivity contribution is 1.14. The summed E-state index contributed by atoms with van der Waals surface area (Å²) in [5, 5.41) is 8.78. The summed E-state index contributed by atoms with van der Waals surface area (Å²) in [6, 6.07) is 12.4. The summed E-state index contributed by atoms with van der Waals surface area (Å²) in [6.45, 7) is 3.93. The van der Waals surface area contributed by atoms with Gasteiger partial charge in [-0.15, -0.1) is 0 Å². The van der Waals surface area contributed by atoms with Crippen LogP contribution in [0.1, 0.15) is 19.4 Å². The average Bonchev–Trinajstić information content (AvgIpc) is 2.27. The van der Waals surface area contributed by atoms with Gasteiger partial charge in [-0.25, -0.2) is 0 Å². The molecule has 1 heteroatoms. The van der Waals surface area contributed by atoms with Gasteiger partial charge in [-0.2, -0.15) is 5.26 Å². The first-order chi connectivity index (χ1) is 7.26. The Morgan fingerprint density at radius 2 is 2.00 bits per heavy atom. The second kappa shape index (κ2) is 5.82. The van der Waals surface area contributed by atoms with Crippen LogP contribution in [0.2, 0.25) is 0 Å². The van der Waals surface area contributed by atoms with E-state index >= 15 is 0 Å². The van der Waals surface area contributed by atoms with Gasteiger partial charge in [0.1, 0.15) is 0 Å². The van der Waals surface area contributed by atoms with Crippen molar-refractivity contribution in [2.45, 2.75) is 20.3 Å². The highest BCUT2D eigenvalue weighted by molar-refractivity contribution is 5.36. The lowest BCUT2D eigenvalue weighted by Crippen LogP contribution is -1.86. The van der Waals surface area contributed by atoms with Crippen molar-refractivity contribution in [2.75, 3.05) is 0 Å². The van der Waals surface area contributed by atoms with Crippen molar-refractivity contribution in [2.24, 2.45) is 0 Å². The summed E-state index contributed by atoms with van der Waals surface area (Å²) in [5.74, 6) is 0. The van der Waals surface area contributed by atoms with Crippen molar-refractivity contribution in [1.82, 2.24) is 0 Å². The van der Waals surface area contributed by atoms with E-state index in [9.17, 15) is 0 Å². The van der Waals surface area contributed by atoms with Crippen molar-refractivity contribution in [3.05, 3.63) is 59.2 Å². The quantitative estimate of drug-likeness (QED) is 0.536. The maximum atomic E-state index is 8.78. The number of allylic oxidation sites excluding steroid dienone is 4. The fraction of sp³-hybridized carbons (Fsp3) is 0.214. The lowest BCUT2D eigenvalue weighted by atomic mass is 10.0. The average molecular weight is 197 g/mol. The topological polar surface area (TPSA) is 23.8 Å². The molecule has 1 nitrogen and oxygen atoms in total. The highest BCUT2D eigenvalue weighted by Gasteiger charge is 1.95. The minimum absolute atomic E-state index is 0.725. The molecule has 0 saturated carbocycles. The van der Waals surface area contributed by atoms with Gasteiger partial charge in [0, 0.05) is 5.57 Å². The maximum Gasteiger partial charge on any atom is 0.0988 e. The largest absolute Gasteiger partial charge is 0.192 e. The number of rotatable bonds is 3. The Morgan fingerprint density at radius 1 is 1.33 bits per heavy atom. The van der Waals surface area contributed by atoms with Crippen LogP contribution in [-0.2, 0) is 6.42 Å². The Kier molecular flexibility index (Phi) is 4.37. The molecule has 0 heterocycles. The summed E-state index contributed by atoms with van der Waals surface area (Å²) in [4.78, 5) is 0. The molecular formula is C14H15N. The summed E-state index contributed by atoms with van der Waals surface area (Å²) in [7, 11) is 0. The molecular weight excluding hydrogens is 182 g/mol. The molecule has 0 unspecified atom stereocenters. The molecule has 0 fully saturated rings. The molecule has 1 rings (SSSR count). The molecule has 0 saturated heterocycles. The van der Waals surface area contributed by atoms with Gasteiger partial charge in [0.25, 0.3) is 0 Å². The third-order valence-corrected chi connectivity index (χ3v) is 2.17. The predicted octanol–water partition coefficient (Wildman–Crippen LogP) is 3.65. The van der Waals surface area contributed by atoms with Crippen molar-refractivity contribution in [3.8, 4) is 6.07 Å². The SMILES string of the molecule is C/C=C(C#N)\C=C(\C)Cc1ccccc1. The minimum atomic E-state index is 0.725. The molecule has 0 amide bonds. The number of hydrogen-bond donors (Lipinski definition) is 0. The summed E-state index contributed by atoms with van der Waals surface area (Å²) < 4.78 is 0. The number of nitriles is 1. The van der Waals surface area contributed by atoms with E-state index in [1.165, 1.54) is 11.1 Å². The van der Waals surface area contributed by atoms with E-state index in [4.69, 9.17) is 5.26 Å². The number of hydrogen-bond acceptors (Lipinski definition) is 1. The number of benzene rings is 1. The molecule has 0 atom stereocenters. The normalized spacial score (nSPS) is 12.3. The first-order valence-corrected chi connectivity index (χ1v) is 5.03. The van der Waals surface area contributed by atoms with Crippen molar-refractivity contribution in [3.63, 3.8) is 0 Å². The van der Waals surface area contributed by atoms with E-state index < -0.39 is 0 Å². The zero-order valence-corrected chi connectivity index (χ0v) is 9.20. The molecule has 0 N–H and O–H groups in total. The Hall–Kier alpha value is -1.81. The van der Waals surface area contributed by atoms with E-state index in [0.29, 0.717) is 0 Å². The van der Waals surface area contributed by atoms with E-state index in [0.717, 1.165) is 12.0 Å². The van der Waals surface area contributed by atoms with Crippen molar-refractivity contribution < 1.29 is 0 Å². The molecule has 76 valence electrons. The highest BCUT2D eigenvalue weighted by Crippen LogP contribution is 2.09. The second-order valence-electron chi connectivity index (χ2n) is 3.51. The predicted molar refractivity (Wildman–Crippen MR) is 63.3 cm³/mol. The van der Waals surface area contributed by atoms with E-state index in [1.54, 1.807) is 0 Å². The van der Waals surface area contributed by atoms with Gasteiger partial charge < -0.3 is 0 Å². The van der Waals surface area contributed by atoms with E-state index in [1.807, 2.05) is 44.2 Å². The van der Waals surface area contributed by atoms with Gasteiger partial charge in [0.05, 0.1) is 6.07 Å². The fourth-order valence-electron chi connectivity index (χ4n) is 1.41. The van der Waals surface area contributed by atoms with E-state index in [2.05, 4.69) is 18.2 Å². The summed E-state index contributed by atoms with van der Waals surface area (Å²) in [6.07, 6.45) is 4.67. The Balaban J connectivity index is 2.72. The van der Waals surface area contributed by atoms with E-state index in [-0.39, 0.29) is 0 Å². The van der Waals surface area contributed by atoms with Crippen LogP contribution in [0.15, 0.2) is 53.6 Å². The van der Waals surface area contributed by atoms with Crippen molar-refractivity contribution >= 4 is 0 Å². The zero-order valence-electron chi connectivity index (χ0n) is 9.20. The molecule has 1 aromatic rings. The van der Waals surface area contributed by atoms with Crippen LogP contribution >= 0.6 is 0 Å². The third kappa shape index (κ3) is 3.83. The highest BCUT2D eigenvalue weighted by atomic mass is 14.2. The van der Waals surface area contributed by atoms with Crippen molar-refractivity contribution in [1.29, 1.82) is 5.26 Å². The van der Waals surface area contributed by atoms with Crippen LogP contribution in [-0.4, -0.2) is 0 Å². The Bertz CT molecular complexity index is 405. The van der Waals surface area contributed by atoms with Crippen LogP contribution in [0, 0.1) is 11.3 Å². The van der Waals surface area contributed by atoms with Gasteiger partial charge >= 0.3 is 0 Å². The number of nitrogens with zero attached hydrogens (tertiary/aromatic N) is 1. The minimum Gasteiger partial charge on any atom is -0.192 e. The van der Waals surface area contributed by atoms with Crippen LogP contribution < -0.4 is 0 Å². The van der Waals surface area contributed by atoms with Gasteiger partial charge in [0.15, 0.2) is 0 Å². The Morgan fingerprint density at radius 3 is 2.53 bits per heavy atom. The van der Waals surface area contributed by atoms with Crippen LogP contribution in [0.25, 0.3) is 0 Å². The fourth-order valence-corrected chi connectivity index (χ4v) is 1.41. The molecule has 0 spiro atoms. The second-order valence-corrected chi connectivity index (χ2v) is 3.51. The summed E-state index contributed by atoms with van der Waals surface area (Å²) in [5.41, 5.74) is 3.21. The lowest BCUT2D eigenvalue weighted by Gasteiger charge is -2.00. The van der Waals surface area contributed by atoms with Gasteiger partial charge in [0.2, 0.25) is 0 Å². The summed E-state index contributed by atoms with van der Waals surface area (Å²) >= 11 is 0. The molecule has 0 radical (unpaired) electrons. The third-order valence-electron chi connectivity index (χ3n) is 2.17. The smallest absolute Gasteiger partial charge is 0.0988 e. The first kappa shape index (κ1) is 11.3. The van der Waals surface area contributed by atoms with Gasteiger partial charge in [-0.3, -0.25) is 0 Å². The molecule has 0 aromatic heterocycles. The molecule has 0 aliphatic heterocycles. The Labute approximate surface area is 91.4 Å². The van der Waals surface area contributed by atoms with Crippen LogP contribution in [0.4, 0.5) is 0 Å². The molecule has 0 bridgehead atoms. The monoisotopic (exact) mass is 197 g/mol. The molecule has 1 aromatic carbocycles. The maximum absolute atomic E-state index is 8.78. The van der Waals surface area contributed by atoms with Crippen LogP contribution in [0.3, 0.4) is 0 Å². The molecule has 15 heavy (non-hydrogen) atoms. The van der Waals surface area contributed by atoms with Gasteiger partial charge in [-0.1, -0.05) is 42.0 Å². The van der Waals surface area contributed by atoms with Gasteiger partial charge in [-0.05, 0) is 31.9 Å². The standard InChI is InChI=1S/C14H15N/c1-3-13(11-15)9-12(2)10-14-7-5-4-6-8-14/h3-9H,10H2,1-2H3/b12-9-,13-3+. The molecule has 0 aliphatic carbocycles. The van der Waals surface area contributed by atoms with Crippen LogP contribution in [0.5, 0.6) is 0 Å². The first-order valence-electron chi connectivity index (χ1n) is 5.03. The zero-order chi connectivity index (χ0) is 11.1.